The topological polar surface area (TPSA) is 37.7 Å². The Kier molecular flexibility index (Phi) is 11.0. The van der Waals surface area contributed by atoms with Gasteiger partial charge in [0.25, 0.3) is 0 Å². The van der Waals surface area contributed by atoms with Crippen LogP contribution < -0.4 is 15.2 Å². The predicted molar refractivity (Wildman–Crippen MR) is 160 cm³/mol. The zero-order valence-electron chi connectivity index (χ0n) is 25.1. The van der Waals surface area contributed by atoms with Gasteiger partial charge in [0, 0.05) is 56.9 Å². The first-order valence-electron chi connectivity index (χ1n) is 15.2. The minimum atomic E-state index is -2.16. The lowest BCUT2D eigenvalue weighted by Crippen LogP contribution is -2.38. The highest BCUT2D eigenvalue weighted by atomic mass is 31.2. The first-order valence-corrected chi connectivity index (χ1v) is 16.8. The van der Waals surface area contributed by atoms with Crippen molar-refractivity contribution in [3.63, 3.8) is 0 Å². The second kappa shape index (κ2) is 13.3. The molecule has 2 fully saturated rings. The van der Waals surface area contributed by atoms with Crippen LogP contribution in [0.5, 0.6) is 0 Å². The average molecular weight is 521 g/mol. The lowest BCUT2D eigenvalue weighted by molar-refractivity contribution is 0.303. The summed E-state index contributed by atoms with van der Waals surface area (Å²) in [6.07, 6.45) is 10.2. The van der Waals surface area contributed by atoms with Gasteiger partial charge in [0.05, 0.1) is 11.4 Å². The SMILES string of the molecule is CCCCN=P(N=c1c(N(C(C)C)C(C)C)c1N(C(C)C)C(C)C)(N1CCCCC1)N1CCCCC1. The maximum absolute atomic E-state index is 5.93. The molecular formula is C29H57N6P. The molecule has 0 bridgehead atoms. The van der Waals surface area contributed by atoms with E-state index >= 15 is 0 Å². The normalized spacial score (nSPS) is 18.7. The summed E-state index contributed by atoms with van der Waals surface area (Å²) in [4.78, 5) is 5.22. The van der Waals surface area contributed by atoms with Gasteiger partial charge in [0.1, 0.15) is 5.36 Å². The number of hydrogen-bond donors (Lipinski definition) is 0. The first-order chi connectivity index (χ1) is 17.2. The highest BCUT2D eigenvalue weighted by Crippen LogP contribution is 2.60. The lowest BCUT2D eigenvalue weighted by atomic mass is 10.2. The molecule has 3 rings (SSSR count). The number of hydrogen-bond acceptors (Lipinski definition) is 3. The summed E-state index contributed by atoms with van der Waals surface area (Å²) in [7, 11) is -2.16. The highest BCUT2D eigenvalue weighted by molar-refractivity contribution is 7.60. The van der Waals surface area contributed by atoms with Gasteiger partial charge in [-0.25, -0.2) is 14.1 Å². The number of unbranched alkanes of at least 4 members (excludes halogenated alkanes) is 1. The van der Waals surface area contributed by atoms with Crippen LogP contribution in [-0.2, 0) is 0 Å². The number of rotatable bonds is 12. The quantitative estimate of drug-likeness (QED) is 0.212. The van der Waals surface area contributed by atoms with Gasteiger partial charge >= 0.3 is 0 Å². The maximum Gasteiger partial charge on any atom is 0.212 e. The molecular weight excluding hydrogens is 463 g/mol. The fraction of sp³-hybridized carbons (Fsp3) is 0.897. The molecule has 6 nitrogen and oxygen atoms in total. The molecule has 0 spiro atoms. The Labute approximate surface area is 223 Å². The average Bonchev–Trinajstić information content (AvgIpc) is 3.49. The summed E-state index contributed by atoms with van der Waals surface area (Å²) in [6.45, 7) is 26.5. The van der Waals surface area contributed by atoms with E-state index in [1.54, 1.807) is 0 Å². The Balaban J connectivity index is 2.27. The molecule has 0 aromatic heterocycles. The number of piperidine rings is 2. The molecule has 0 radical (unpaired) electrons. The Hall–Kier alpha value is -0.840. The van der Waals surface area contributed by atoms with E-state index in [-0.39, 0.29) is 0 Å². The van der Waals surface area contributed by atoms with Gasteiger partial charge < -0.3 is 9.80 Å². The van der Waals surface area contributed by atoms with Crippen LogP contribution in [0.4, 0.5) is 11.4 Å². The summed E-state index contributed by atoms with van der Waals surface area (Å²) in [6, 6.07) is 1.77. The minimum absolute atomic E-state index is 0.443. The van der Waals surface area contributed by atoms with Crippen LogP contribution in [0.1, 0.15) is 114 Å². The van der Waals surface area contributed by atoms with Crippen molar-refractivity contribution >= 4 is 18.9 Å². The van der Waals surface area contributed by atoms with Crippen molar-refractivity contribution in [2.45, 2.75) is 138 Å². The smallest absolute Gasteiger partial charge is 0.212 e. The molecule has 2 aliphatic rings. The summed E-state index contributed by atoms with van der Waals surface area (Å²) in [5, 5.41) is 1.27. The van der Waals surface area contributed by atoms with Gasteiger partial charge in [-0.15, -0.1) is 0 Å². The van der Waals surface area contributed by atoms with Crippen molar-refractivity contribution in [2.24, 2.45) is 9.51 Å². The van der Waals surface area contributed by atoms with Crippen LogP contribution in [-0.4, -0.2) is 66.2 Å². The van der Waals surface area contributed by atoms with Gasteiger partial charge in [0.15, 0.2) is 0 Å². The van der Waals surface area contributed by atoms with Crippen molar-refractivity contribution in [3.05, 3.63) is 5.36 Å². The molecule has 2 heterocycles. The van der Waals surface area contributed by atoms with E-state index in [0.717, 1.165) is 39.1 Å². The highest BCUT2D eigenvalue weighted by Gasteiger charge is 2.40. The second-order valence-corrected chi connectivity index (χ2v) is 14.8. The van der Waals surface area contributed by atoms with Crippen LogP contribution in [0.15, 0.2) is 9.51 Å². The van der Waals surface area contributed by atoms with Crippen molar-refractivity contribution in [1.82, 2.24) is 9.34 Å². The second-order valence-electron chi connectivity index (χ2n) is 12.1. The van der Waals surface area contributed by atoms with Crippen molar-refractivity contribution < 1.29 is 0 Å². The molecule has 7 heteroatoms. The molecule has 0 N–H and O–H groups in total. The molecule has 2 saturated heterocycles. The van der Waals surface area contributed by atoms with Crippen LogP contribution in [0, 0.1) is 0 Å². The van der Waals surface area contributed by atoms with Crippen LogP contribution in [0.2, 0.25) is 0 Å². The molecule has 0 saturated carbocycles. The molecule has 0 aliphatic carbocycles. The van der Waals surface area contributed by atoms with E-state index in [9.17, 15) is 0 Å². The third-order valence-corrected chi connectivity index (χ3v) is 11.2. The molecule has 0 atom stereocenters. The molecule has 208 valence electrons. The van der Waals surface area contributed by atoms with Gasteiger partial charge in [0.2, 0.25) is 7.51 Å². The minimum Gasteiger partial charge on any atom is -0.363 e. The van der Waals surface area contributed by atoms with Crippen LogP contribution in [0.25, 0.3) is 0 Å². The lowest BCUT2D eigenvalue weighted by Gasteiger charge is -2.44. The summed E-state index contributed by atoms with van der Waals surface area (Å²) in [5.41, 5.74) is 2.79. The Bertz CT molecular complexity index is 794. The van der Waals surface area contributed by atoms with Crippen molar-refractivity contribution in [3.8, 4) is 0 Å². The first kappa shape index (κ1) is 29.7. The maximum atomic E-state index is 5.93. The van der Waals surface area contributed by atoms with Gasteiger partial charge in [-0.1, -0.05) is 26.2 Å². The third kappa shape index (κ3) is 6.59. The van der Waals surface area contributed by atoms with Crippen LogP contribution in [0.3, 0.4) is 0 Å². The Morgan fingerprint density at radius 1 is 0.667 bits per heavy atom. The molecule has 0 amide bonds. The largest absolute Gasteiger partial charge is 0.363 e. The molecule has 36 heavy (non-hydrogen) atoms. The summed E-state index contributed by atoms with van der Waals surface area (Å²) in [5.74, 6) is 0. The molecule has 1 aromatic carbocycles. The zero-order valence-corrected chi connectivity index (χ0v) is 26.0. The van der Waals surface area contributed by atoms with E-state index in [1.807, 2.05) is 0 Å². The molecule has 0 unspecified atom stereocenters. The standard InChI is InChI=1S/C29H57N6P/c1-10-11-18-30-36(32-19-14-12-15-20-32,33-21-16-13-17-22-33)31-27-28(34(23(2)3)24(4)5)29(27)35(25(6)7)26(8)9/h23-26H,10-22H2,1-9H3. The monoisotopic (exact) mass is 520 g/mol. The fourth-order valence-corrected chi connectivity index (χ4v) is 9.81. The van der Waals surface area contributed by atoms with Crippen molar-refractivity contribution in [1.29, 1.82) is 0 Å². The fourth-order valence-electron chi connectivity index (χ4n) is 6.27. The van der Waals surface area contributed by atoms with Gasteiger partial charge in [-0.2, -0.15) is 0 Å². The van der Waals surface area contributed by atoms with Gasteiger partial charge in [-0.3, -0.25) is 4.74 Å². The van der Waals surface area contributed by atoms with Crippen LogP contribution >= 0.6 is 7.51 Å². The van der Waals surface area contributed by atoms with E-state index in [2.05, 4.69) is 81.5 Å². The Morgan fingerprint density at radius 2 is 1.06 bits per heavy atom. The third-order valence-electron chi connectivity index (χ3n) is 7.81. The summed E-state index contributed by atoms with van der Waals surface area (Å²) >= 11 is 0. The van der Waals surface area contributed by atoms with E-state index in [0.29, 0.717) is 24.2 Å². The number of anilines is 2. The molecule has 1 aromatic rings. The number of nitrogens with zero attached hydrogens (tertiary/aromatic N) is 6. The van der Waals surface area contributed by atoms with Crippen molar-refractivity contribution in [2.75, 3.05) is 42.5 Å². The van der Waals surface area contributed by atoms with E-state index in [4.69, 9.17) is 9.51 Å². The summed E-state index contributed by atoms with van der Waals surface area (Å²) < 4.78 is 17.1. The van der Waals surface area contributed by atoms with Gasteiger partial charge in [-0.05, 0) is 87.5 Å². The zero-order chi connectivity index (χ0) is 26.5. The van der Waals surface area contributed by atoms with E-state index in [1.165, 1.54) is 61.7 Å². The predicted octanol–water partition coefficient (Wildman–Crippen LogP) is 7.43. The molecule has 2 aliphatic heterocycles. The Morgan fingerprint density at radius 3 is 1.39 bits per heavy atom. The van der Waals surface area contributed by atoms with E-state index < -0.39 is 7.51 Å².